The van der Waals surface area contributed by atoms with Crippen LogP contribution in [0.5, 0.6) is 0 Å². The average molecular weight is 371 g/mol. The van der Waals surface area contributed by atoms with Gasteiger partial charge in [0, 0.05) is 10.7 Å². The third kappa shape index (κ3) is 2.32. The van der Waals surface area contributed by atoms with E-state index in [4.69, 9.17) is 23.2 Å². The molecule has 0 bridgehead atoms. The molecule has 0 saturated carbocycles. The smallest absolute Gasteiger partial charge is 0.164 e. The van der Waals surface area contributed by atoms with Crippen molar-refractivity contribution in [2.24, 2.45) is 0 Å². The van der Waals surface area contributed by atoms with Crippen LogP contribution in [0.2, 0.25) is 5.02 Å². The van der Waals surface area contributed by atoms with E-state index in [2.05, 4.69) is 25.9 Å². The second-order valence-electron chi connectivity index (χ2n) is 4.42. The monoisotopic (exact) mass is 369 g/mol. The lowest BCUT2D eigenvalue weighted by Crippen LogP contribution is -2.02. The molecule has 0 atom stereocenters. The Morgan fingerprint density at radius 3 is 2.85 bits per heavy atom. The van der Waals surface area contributed by atoms with Crippen LogP contribution < -0.4 is 0 Å². The Hall–Kier alpha value is -1.10. The maximum absolute atomic E-state index is 6.03. The van der Waals surface area contributed by atoms with E-state index < -0.39 is 0 Å². The van der Waals surface area contributed by atoms with Crippen LogP contribution in [0.15, 0.2) is 34.9 Å². The molecular formula is C14H10BrCl2N3. The molecular weight excluding hydrogens is 361 g/mol. The molecule has 1 aromatic carbocycles. The minimum Gasteiger partial charge on any atom is -0.279 e. The first-order chi connectivity index (χ1) is 9.60. The van der Waals surface area contributed by atoms with Gasteiger partial charge in [-0.2, -0.15) is 0 Å². The van der Waals surface area contributed by atoms with E-state index in [1.54, 1.807) is 12.3 Å². The lowest BCUT2D eigenvalue weighted by molar-refractivity contribution is 0.959. The first-order valence-corrected chi connectivity index (χ1v) is 7.66. The van der Waals surface area contributed by atoms with Gasteiger partial charge in [0.2, 0.25) is 0 Å². The summed E-state index contributed by atoms with van der Waals surface area (Å²) in [5.74, 6) is 1.05. The third-order valence-electron chi connectivity index (χ3n) is 3.06. The summed E-state index contributed by atoms with van der Waals surface area (Å²) in [5, 5.41) is 0.564. The summed E-state index contributed by atoms with van der Waals surface area (Å²) < 4.78 is 2.97. The predicted octanol–water partition coefficient (Wildman–Crippen LogP) is 4.88. The van der Waals surface area contributed by atoms with Gasteiger partial charge in [0.15, 0.2) is 5.65 Å². The standard InChI is InChI=1S/C14H10BrCl2N3/c1-8-2-3-9(15)4-12(8)20-13(6-16)19-11-5-10(17)7-18-14(11)20/h2-5,7H,6H2,1H3. The minimum atomic E-state index is 0.305. The van der Waals surface area contributed by atoms with Crippen molar-refractivity contribution in [3.05, 3.63) is 51.3 Å². The molecule has 3 nitrogen and oxygen atoms in total. The molecule has 0 aliphatic rings. The summed E-state index contributed by atoms with van der Waals surface area (Å²) in [7, 11) is 0. The van der Waals surface area contributed by atoms with Gasteiger partial charge in [0.1, 0.15) is 11.3 Å². The molecule has 0 unspecified atom stereocenters. The van der Waals surface area contributed by atoms with Crippen LogP contribution >= 0.6 is 39.1 Å². The molecule has 0 spiro atoms. The maximum atomic E-state index is 6.03. The molecule has 0 fully saturated rings. The summed E-state index contributed by atoms with van der Waals surface area (Å²) in [6, 6.07) is 7.87. The molecule has 6 heteroatoms. The van der Waals surface area contributed by atoms with Gasteiger partial charge in [-0.05, 0) is 30.7 Å². The second kappa shape index (κ2) is 5.35. The fourth-order valence-electron chi connectivity index (χ4n) is 2.15. The lowest BCUT2D eigenvalue weighted by Gasteiger charge is -2.11. The van der Waals surface area contributed by atoms with Crippen LogP contribution in [0.3, 0.4) is 0 Å². The van der Waals surface area contributed by atoms with Gasteiger partial charge in [0.05, 0.1) is 16.6 Å². The molecule has 102 valence electrons. The summed E-state index contributed by atoms with van der Waals surface area (Å²) in [4.78, 5) is 8.90. The Kier molecular flexibility index (Phi) is 3.71. The third-order valence-corrected chi connectivity index (χ3v) is 4.00. The van der Waals surface area contributed by atoms with E-state index in [9.17, 15) is 0 Å². The highest BCUT2D eigenvalue weighted by Gasteiger charge is 2.15. The van der Waals surface area contributed by atoms with Crippen LogP contribution in [-0.2, 0) is 5.88 Å². The maximum Gasteiger partial charge on any atom is 0.164 e. The molecule has 0 saturated heterocycles. The van der Waals surface area contributed by atoms with Crippen molar-refractivity contribution in [2.45, 2.75) is 12.8 Å². The highest BCUT2D eigenvalue weighted by Crippen LogP contribution is 2.27. The van der Waals surface area contributed by atoms with Gasteiger partial charge in [-0.25, -0.2) is 9.97 Å². The number of fused-ring (bicyclic) bond motifs is 1. The van der Waals surface area contributed by atoms with E-state index >= 15 is 0 Å². The van der Waals surface area contributed by atoms with Crippen LogP contribution in [0.1, 0.15) is 11.4 Å². The summed E-state index contributed by atoms with van der Waals surface area (Å²) in [6.45, 7) is 2.04. The number of aromatic nitrogens is 3. The summed E-state index contributed by atoms with van der Waals surface area (Å²) in [5.41, 5.74) is 3.63. The number of imidazole rings is 1. The van der Waals surface area contributed by atoms with Gasteiger partial charge in [0.25, 0.3) is 0 Å². The number of alkyl halides is 1. The van der Waals surface area contributed by atoms with Crippen molar-refractivity contribution in [2.75, 3.05) is 0 Å². The van der Waals surface area contributed by atoms with Crippen molar-refractivity contribution < 1.29 is 0 Å². The van der Waals surface area contributed by atoms with E-state index in [1.165, 1.54) is 0 Å². The highest BCUT2D eigenvalue weighted by atomic mass is 79.9. The highest BCUT2D eigenvalue weighted by molar-refractivity contribution is 9.10. The molecule has 0 aliphatic carbocycles. The summed E-state index contributed by atoms with van der Waals surface area (Å²) >= 11 is 15.5. The number of nitrogens with zero attached hydrogens (tertiary/aromatic N) is 3. The van der Waals surface area contributed by atoms with Crippen molar-refractivity contribution >= 4 is 50.3 Å². The van der Waals surface area contributed by atoms with E-state index in [-0.39, 0.29) is 0 Å². The molecule has 2 aromatic heterocycles. The Balaban J connectivity index is 2.37. The number of aryl methyl sites for hydroxylation is 1. The molecule has 0 amide bonds. The quantitative estimate of drug-likeness (QED) is 0.601. The Morgan fingerprint density at radius 2 is 2.10 bits per heavy atom. The van der Waals surface area contributed by atoms with Crippen molar-refractivity contribution in [3.8, 4) is 5.69 Å². The Morgan fingerprint density at radius 1 is 1.30 bits per heavy atom. The van der Waals surface area contributed by atoms with Gasteiger partial charge < -0.3 is 0 Å². The Bertz CT molecular complexity index is 798. The first kappa shape index (κ1) is 13.9. The minimum absolute atomic E-state index is 0.305. The van der Waals surface area contributed by atoms with Crippen molar-refractivity contribution in [3.63, 3.8) is 0 Å². The fourth-order valence-corrected chi connectivity index (χ4v) is 2.83. The van der Waals surface area contributed by atoms with Gasteiger partial charge >= 0.3 is 0 Å². The number of benzene rings is 1. The average Bonchev–Trinajstić information content (AvgIpc) is 2.78. The molecule has 0 radical (unpaired) electrons. The van der Waals surface area contributed by atoms with Gasteiger partial charge in [-0.15, -0.1) is 11.6 Å². The molecule has 20 heavy (non-hydrogen) atoms. The van der Waals surface area contributed by atoms with Gasteiger partial charge in [-0.1, -0.05) is 33.6 Å². The van der Waals surface area contributed by atoms with Crippen LogP contribution in [0, 0.1) is 6.92 Å². The molecule has 0 N–H and O–H groups in total. The molecule has 0 aliphatic heterocycles. The lowest BCUT2D eigenvalue weighted by atomic mass is 10.2. The number of hydrogen-bond donors (Lipinski definition) is 0. The van der Waals surface area contributed by atoms with Crippen molar-refractivity contribution in [1.29, 1.82) is 0 Å². The van der Waals surface area contributed by atoms with Crippen molar-refractivity contribution in [1.82, 2.24) is 14.5 Å². The Labute approximate surface area is 134 Å². The fraction of sp³-hybridized carbons (Fsp3) is 0.143. The van der Waals surface area contributed by atoms with E-state index in [0.29, 0.717) is 10.9 Å². The molecule has 3 aromatic rings. The van der Waals surface area contributed by atoms with E-state index in [0.717, 1.165) is 32.7 Å². The second-order valence-corrected chi connectivity index (χ2v) is 6.04. The number of pyridine rings is 1. The van der Waals surface area contributed by atoms with Crippen LogP contribution in [-0.4, -0.2) is 14.5 Å². The summed E-state index contributed by atoms with van der Waals surface area (Å²) in [6.07, 6.45) is 1.62. The van der Waals surface area contributed by atoms with Gasteiger partial charge in [-0.3, -0.25) is 4.57 Å². The van der Waals surface area contributed by atoms with Crippen LogP contribution in [0.4, 0.5) is 0 Å². The molecule has 2 heterocycles. The topological polar surface area (TPSA) is 30.7 Å². The molecule has 3 rings (SSSR count). The predicted molar refractivity (Wildman–Crippen MR) is 85.9 cm³/mol. The number of halogens is 3. The zero-order valence-electron chi connectivity index (χ0n) is 10.6. The SMILES string of the molecule is Cc1ccc(Br)cc1-n1c(CCl)nc2cc(Cl)cnc21. The number of hydrogen-bond acceptors (Lipinski definition) is 2. The zero-order chi connectivity index (χ0) is 14.3. The first-order valence-electron chi connectivity index (χ1n) is 5.95. The largest absolute Gasteiger partial charge is 0.279 e. The normalized spacial score (nSPS) is 11.2. The number of rotatable bonds is 2. The van der Waals surface area contributed by atoms with E-state index in [1.807, 2.05) is 29.7 Å². The zero-order valence-corrected chi connectivity index (χ0v) is 13.7. The van der Waals surface area contributed by atoms with Crippen LogP contribution in [0.25, 0.3) is 16.9 Å².